The predicted octanol–water partition coefficient (Wildman–Crippen LogP) is 1.56. The lowest BCUT2D eigenvalue weighted by Gasteiger charge is -2.21. The summed E-state index contributed by atoms with van der Waals surface area (Å²) in [5, 5.41) is 0. The van der Waals surface area contributed by atoms with Crippen molar-refractivity contribution in [1.29, 1.82) is 0 Å². The largest absolute Gasteiger partial charge is 0.468 e. The SMILES string of the molecule is CCC(CC(N)C(=O)OC)C(C)C. The summed E-state index contributed by atoms with van der Waals surface area (Å²) in [7, 11) is 1.37. The normalized spacial score (nSPS) is 15.5. The molecule has 3 heteroatoms. The van der Waals surface area contributed by atoms with Gasteiger partial charge in [0.25, 0.3) is 0 Å². The van der Waals surface area contributed by atoms with Crippen LogP contribution in [0.3, 0.4) is 0 Å². The average Bonchev–Trinajstić information content (AvgIpc) is 2.11. The molecule has 0 bridgehead atoms. The van der Waals surface area contributed by atoms with Crippen LogP contribution >= 0.6 is 0 Å². The molecule has 0 aliphatic carbocycles. The third-order valence-electron chi connectivity index (χ3n) is 2.53. The van der Waals surface area contributed by atoms with Crippen LogP contribution in [0.2, 0.25) is 0 Å². The highest BCUT2D eigenvalue weighted by Gasteiger charge is 2.20. The van der Waals surface area contributed by atoms with Gasteiger partial charge >= 0.3 is 5.97 Å². The number of hydrogen-bond donors (Lipinski definition) is 1. The summed E-state index contributed by atoms with van der Waals surface area (Å²) in [6.45, 7) is 6.42. The molecule has 2 atom stereocenters. The molecule has 0 saturated heterocycles. The minimum atomic E-state index is -0.461. The standard InChI is InChI=1S/C10H21NO2/c1-5-8(7(2)3)6-9(11)10(12)13-4/h7-9H,5-6,11H2,1-4H3. The molecule has 0 aromatic carbocycles. The Bertz CT molecular complexity index is 157. The maximum atomic E-state index is 11.0. The first-order valence-electron chi connectivity index (χ1n) is 4.86. The Hall–Kier alpha value is -0.570. The van der Waals surface area contributed by atoms with Gasteiger partial charge in [-0.3, -0.25) is 4.79 Å². The Balaban J connectivity index is 4.00. The van der Waals surface area contributed by atoms with Crippen LogP contribution in [0, 0.1) is 11.8 Å². The zero-order chi connectivity index (χ0) is 10.4. The molecule has 2 N–H and O–H groups in total. The fraction of sp³-hybridized carbons (Fsp3) is 0.900. The van der Waals surface area contributed by atoms with Crippen molar-refractivity contribution in [3.05, 3.63) is 0 Å². The van der Waals surface area contributed by atoms with Gasteiger partial charge in [-0.15, -0.1) is 0 Å². The molecular weight excluding hydrogens is 166 g/mol. The van der Waals surface area contributed by atoms with Crippen molar-refractivity contribution in [2.45, 2.75) is 39.7 Å². The molecule has 0 amide bonds. The zero-order valence-corrected chi connectivity index (χ0v) is 9.04. The minimum absolute atomic E-state index is 0.306. The van der Waals surface area contributed by atoms with Gasteiger partial charge < -0.3 is 10.5 Å². The van der Waals surface area contributed by atoms with Gasteiger partial charge in [-0.05, 0) is 18.3 Å². The first-order chi connectivity index (χ1) is 6.02. The molecule has 78 valence electrons. The molecule has 2 unspecified atom stereocenters. The fourth-order valence-electron chi connectivity index (χ4n) is 1.48. The lowest BCUT2D eigenvalue weighted by molar-refractivity contribution is -0.142. The molecule has 0 spiro atoms. The first-order valence-corrected chi connectivity index (χ1v) is 4.86. The van der Waals surface area contributed by atoms with Crippen molar-refractivity contribution < 1.29 is 9.53 Å². The third kappa shape index (κ3) is 4.27. The third-order valence-corrected chi connectivity index (χ3v) is 2.53. The Morgan fingerprint density at radius 2 is 2.00 bits per heavy atom. The number of ether oxygens (including phenoxy) is 1. The molecule has 0 heterocycles. The van der Waals surface area contributed by atoms with Crippen LogP contribution in [0.15, 0.2) is 0 Å². The highest BCUT2D eigenvalue weighted by atomic mass is 16.5. The number of carbonyl (C=O) groups is 1. The molecule has 0 aliphatic rings. The van der Waals surface area contributed by atoms with Gasteiger partial charge in [0.1, 0.15) is 6.04 Å². The van der Waals surface area contributed by atoms with E-state index in [1.54, 1.807) is 0 Å². The van der Waals surface area contributed by atoms with Crippen molar-refractivity contribution in [1.82, 2.24) is 0 Å². The van der Waals surface area contributed by atoms with Gasteiger partial charge in [-0.2, -0.15) is 0 Å². The predicted molar refractivity (Wildman–Crippen MR) is 53.2 cm³/mol. The maximum absolute atomic E-state index is 11.0. The van der Waals surface area contributed by atoms with E-state index in [1.165, 1.54) is 7.11 Å². The zero-order valence-electron chi connectivity index (χ0n) is 9.04. The van der Waals surface area contributed by atoms with E-state index < -0.39 is 6.04 Å². The van der Waals surface area contributed by atoms with Crippen molar-refractivity contribution >= 4 is 5.97 Å². The summed E-state index contributed by atoms with van der Waals surface area (Å²) in [6, 6.07) is -0.461. The van der Waals surface area contributed by atoms with Crippen LogP contribution in [0.5, 0.6) is 0 Å². The van der Waals surface area contributed by atoms with Crippen LogP contribution in [-0.2, 0) is 9.53 Å². The van der Waals surface area contributed by atoms with Crippen molar-refractivity contribution in [2.75, 3.05) is 7.11 Å². The molecule has 13 heavy (non-hydrogen) atoms. The second-order valence-corrected chi connectivity index (χ2v) is 3.78. The average molecular weight is 187 g/mol. The molecular formula is C10H21NO2. The number of nitrogens with two attached hydrogens (primary N) is 1. The molecule has 0 saturated carbocycles. The summed E-state index contributed by atoms with van der Waals surface area (Å²) >= 11 is 0. The van der Waals surface area contributed by atoms with E-state index in [2.05, 4.69) is 25.5 Å². The molecule has 0 aromatic rings. The van der Waals surface area contributed by atoms with E-state index in [9.17, 15) is 4.79 Å². The fourth-order valence-corrected chi connectivity index (χ4v) is 1.48. The van der Waals surface area contributed by atoms with Crippen LogP contribution in [0.4, 0.5) is 0 Å². The van der Waals surface area contributed by atoms with Crippen LogP contribution in [-0.4, -0.2) is 19.1 Å². The van der Waals surface area contributed by atoms with Gasteiger partial charge in [-0.1, -0.05) is 27.2 Å². The van der Waals surface area contributed by atoms with E-state index in [1.807, 2.05) is 0 Å². The number of esters is 1. The number of methoxy groups -OCH3 is 1. The van der Waals surface area contributed by atoms with Crippen molar-refractivity contribution in [3.8, 4) is 0 Å². The van der Waals surface area contributed by atoms with Gasteiger partial charge in [0.15, 0.2) is 0 Å². The number of hydrogen-bond acceptors (Lipinski definition) is 3. The van der Waals surface area contributed by atoms with E-state index >= 15 is 0 Å². The molecule has 0 aliphatic heterocycles. The maximum Gasteiger partial charge on any atom is 0.322 e. The molecule has 0 aromatic heterocycles. The summed E-state index contributed by atoms with van der Waals surface area (Å²) in [6.07, 6.45) is 1.78. The van der Waals surface area contributed by atoms with E-state index in [-0.39, 0.29) is 5.97 Å². The van der Waals surface area contributed by atoms with E-state index in [4.69, 9.17) is 5.73 Å². The smallest absolute Gasteiger partial charge is 0.322 e. The topological polar surface area (TPSA) is 52.3 Å². The van der Waals surface area contributed by atoms with Crippen LogP contribution in [0.1, 0.15) is 33.6 Å². The molecule has 3 nitrogen and oxygen atoms in total. The van der Waals surface area contributed by atoms with Crippen LogP contribution < -0.4 is 5.73 Å². The lowest BCUT2D eigenvalue weighted by Crippen LogP contribution is -2.34. The summed E-state index contributed by atoms with van der Waals surface area (Å²) in [5.41, 5.74) is 5.67. The van der Waals surface area contributed by atoms with Gasteiger partial charge in [0, 0.05) is 0 Å². The molecule has 0 radical (unpaired) electrons. The number of rotatable bonds is 5. The summed E-state index contributed by atoms with van der Waals surface area (Å²) < 4.78 is 4.57. The summed E-state index contributed by atoms with van der Waals surface area (Å²) in [4.78, 5) is 11.0. The van der Waals surface area contributed by atoms with Crippen molar-refractivity contribution in [2.24, 2.45) is 17.6 Å². The first kappa shape index (κ1) is 12.4. The highest BCUT2D eigenvalue weighted by molar-refractivity contribution is 5.75. The van der Waals surface area contributed by atoms with Crippen molar-refractivity contribution in [3.63, 3.8) is 0 Å². The Kier molecular flexibility index (Phi) is 5.71. The quantitative estimate of drug-likeness (QED) is 0.664. The van der Waals surface area contributed by atoms with Crippen LogP contribution in [0.25, 0.3) is 0 Å². The molecule has 0 rings (SSSR count). The Morgan fingerprint density at radius 3 is 2.31 bits per heavy atom. The second-order valence-electron chi connectivity index (χ2n) is 3.78. The van der Waals surface area contributed by atoms with E-state index in [0.29, 0.717) is 11.8 Å². The minimum Gasteiger partial charge on any atom is -0.468 e. The van der Waals surface area contributed by atoms with E-state index in [0.717, 1.165) is 12.8 Å². The lowest BCUT2D eigenvalue weighted by atomic mass is 9.87. The monoisotopic (exact) mass is 187 g/mol. The Labute approximate surface area is 80.6 Å². The van der Waals surface area contributed by atoms with Gasteiger partial charge in [0.05, 0.1) is 7.11 Å². The van der Waals surface area contributed by atoms with Gasteiger partial charge in [-0.25, -0.2) is 0 Å². The summed E-state index contributed by atoms with van der Waals surface area (Å²) in [5.74, 6) is 0.772. The second kappa shape index (κ2) is 5.97. The molecule has 0 fully saturated rings. The highest BCUT2D eigenvalue weighted by Crippen LogP contribution is 2.20. The van der Waals surface area contributed by atoms with Gasteiger partial charge in [0.2, 0.25) is 0 Å². The number of carbonyl (C=O) groups excluding carboxylic acids is 1. The Morgan fingerprint density at radius 1 is 1.46 bits per heavy atom.